The van der Waals surface area contributed by atoms with Gasteiger partial charge in [-0.15, -0.1) is 0 Å². The summed E-state index contributed by atoms with van der Waals surface area (Å²) in [6, 6.07) is 7.95. The molecule has 1 aromatic carbocycles. The molecule has 0 amide bonds. The number of hydrogen-bond acceptors (Lipinski definition) is 3. The number of benzene rings is 1. The first-order chi connectivity index (χ1) is 10.1. The molecule has 3 rings (SSSR count). The highest BCUT2D eigenvalue weighted by Gasteiger charge is 2.17. The zero-order valence-corrected chi connectivity index (χ0v) is 11.9. The highest BCUT2D eigenvalue weighted by Crippen LogP contribution is 2.38. The van der Waals surface area contributed by atoms with Crippen molar-refractivity contribution in [2.24, 2.45) is 0 Å². The predicted molar refractivity (Wildman–Crippen MR) is 81.4 cm³/mol. The van der Waals surface area contributed by atoms with Crippen LogP contribution in [0.15, 0.2) is 36.5 Å². The number of aromatic amines is 1. The van der Waals surface area contributed by atoms with E-state index >= 15 is 0 Å². The molecule has 0 radical (unpaired) electrons. The van der Waals surface area contributed by atoms with Crippen LogP contribution >= 0.6 is 11.6 Å². The van der Waals surface area contributed by atoms with Crippen molar-refractivity contribution < 1.29 is 4.39 Å². The number of nitrogens with two attached hydrogens (primary N) is 1. The van der Waals surface area contributed by atoms with E-state index in [4.69, 9.17) is 17.3 Å². The van der Waals surface area contributed by atoms with Gasteiger partial charge in [-0.1, -0.05) is 11.6 Å². The van der Waals surface area contributed by atoms with Gasteiger partial charge in [0, 0.05) is 23.0 Å². The van der Waals surface area contributed by atoms with Crippen LogP contribution in [0.5, 0.6) is 0 Å². The normalized spacial score (nSPS) is 10.8. The third kappa shape index (κ3) is 2.48. The summed E-state index contributed by atoms with van der Waals surface area (Å²) in [5, 5.41) is 7.23. The smallest absolute Gasteiger partial charge is 0.153 e. The number of aromatic nitrogens is 3. The van der Waals surface area contributed by atoms with Gasteiger partial charge in [-0.2, -0.15) is 5.10 Å². The Labute approximate surface area is 125 Å². The number of nitrogens with zero attached hydrogens (tertiary/aromatic N) is 2. The van der Waals surface area contributed by atoms with E-state index in [1.54, 1.807) is 12.3 Å². The van der Waals surface area contributed by atoms with Gasteiger partial charge >= 0.3 is 0 Å². The van der Waals surface area contributed by atoms with E-state index in [1.165, 1.54) is 12.1 Å². The number of rotatable bonds is 2. The minimum Gasteiger partial charge on any atom is -0.382 e. The van der Waals surface area contributed by atoms with Crippen molar-refractivity contribution in [2.45, 2.75) is 6.92 Å². The third-order valence-corrected chi connectivity index (χ3v) is 3.49. The summed E-state index contributed by atoms with van der Waals surface area (Å²) in [5.74, 6) is -0.0832. The summed E-state index contributed by atoms with van der Waals surface area (Å²) >= 11 is 6.13. The van der Waals surface area contributed by atoms with Crippen molar-refractivity contribution in [3.63, 3.8) is 0 Å². The van der Waals surface area contributed by atoms with Crippen LogP contribution in [0.1, 0.15) is 5.69 Å². The second-order valence-electron chi connectivity index (χ2n) is 4.67. The fraction of sp³-hybridized carbons (Fsp3) is 0.0667. The molecule has 0 fully saturated rings. The molecular formula is C15H12ClFN4. The van der Waals surface area contributed by atoms with Crippen LogP contribution in [0, 0.1) is 12.7 Å². The summed E-state index contributed by atoms with van der Waals surface area (Å²) in [7, 11) is 0. The Morgan fingerprint density at radius 2 is 2.05 bits per heavy atom. The van der Waals surface area contributed by atoms with Crippen LogP contribution in [0.4, 0.5) is 10.2 Å². The van der Waals surface area contributed by atoms with Crippen molar-refractivity contribution in [1.82, 2.24) is 15.2 Å². The van der Waals surface area contributed by atoms with Crippen LogP contribution in [0.2, 0.25) is 5.02 Å². The van der Waals surface area contributed by atoms with Gasteiger partial charge < -0.3 is 5.73 Å². The van der Waals surface area contributed by atoms with Crippen molar-refractivity contribution in [3.05, 3.63) is 53.1 Å². The standard InChI is InChI=1S/C15H12ClFN4/c1-8-6-9(4-5-19-8)14-13(15(18)21-20-14)11-3-2-10(17)7-12(11)16/h2-7H,1H3,(H3,18,20,21). The average molecular weight is 303 g/mol. The van der Waals surface area contributed by atoms with Crippen LogP contribution < -0.4 is 5.73 Å². The second-order valence-corrected chi connectivity index (χ2v) is 5.08. The van der Waals surface area contributed by atoms with Crippen LogP contribution in [-0.4, -0.2) is 15.2 Å². The summed E-state index contributed by atoms with van der Waals surface area (Å²) < 4.78 is 13.2. The largest absolute Gasteiger partial charge is 0.382 e. The first-order valence-electron chi connectivity index (χ1n) is 6.28. The van der Waals surface area contributed by atoms with E-state index in [9.17, 15) is 4.39 Å². The molecule has 21 heavy (non-hydrogen) atoms. The summed E-state index contributed by atoms with van der Waals surface area (Å²) in [6.45, 7) is 1.90. The van der Waals surface area contributed by atoms with Gasteiger partial charge in [0.15, 0.2) is 5.82 Å². The SMILES string of the molecule is Cc1cc(-c2[nH]nc(N)c2-c2ccc(F)cc2Cl)ccn1. The number of aryl methyl sites for hydroxylation is 1. The molecule has 0 aliphatic carbocycles. The maximum atomic E-state index is 13.2. The lowest BCUT2D eigenvalue weighted by atomic mass is 10.0. The number of pyridine rings is 1. The average Bonchev–Trinajstić information content (AvgIpc) is 2.81. The molecule has 6 heteroatoms. The third-order valence-electron chi connectivity index (χ3n) is 3.18. The highest BCUT2D eigenvalue weighted by atomic mass is 35.5. The van der Waals surface area contributed by atoms with Crippen LogP contribution in [-0.2, 0) is 0 Å². The van der Waals surface area contributed by atoms with Crippen molar-refractivity contribution in [2.75, 3.05) is 5.73 Å². The lowest BCUT2D eigenvalue weighted by molar-refractivity contribution is 0.628. The molecule has 0 atom stereocenters. The minimum atomic E-state index is -0.396. The maximum absolute atomic E-state index is 13.2. The summed E-state index contributed by atoms with van der Waals surface area (Å²) in [4.78, 5) is 4.16. The van der Waals surface area contributed by atoms with Crippen LogP contribution in [0.25, 0.3) is 22.4 Å². The number of halogens is 2. The zero-order chi connectivity index (χ0) is 15.0. The van der Waals surface area contributed by atoms with Crippen molar-refractivity contribution in [3.8, 4) is 22.4 Å². The van der Waals surface area contributed by atoms with E-state index in [-0.39, 0.29) is 5.02 Å². The van der Waals surface area contributed by atoms with Gasteiger partial charge in [-0.05, 0) is 37.3 Å². The van der Waals surface area contributed by atoms with Gasteiger partial charge in [0.1, 0.15) is 5.82 Å². The predicted octanol–water partition coefficient (Wildman–Crippen LogP) is 3.82. The fourth-order valence-electron chi connectivity index (χ4n) is 2.23. The number of H-pyrrole nitrogens is 1. The van der Waals surface area contributed by atoms with E-state index in [0.717, 1.165) is 17.0 Å². The monoisotopic (exact) mass is 302 g/mol. The Balaban J connectivity index is 2.22. The number of nitrogens with one attached hydrogen (secondary N) is 1. The molecule has 0 saturated carbocycles. The van der Waals surface area contributed by atoms with Gasteiger partial charge in [0.2, 0.25) is 0 Å². The van der Waals surface area contributed by atoms with Gasteiger partial charge in [-0.3, -0.25) is 10.1 Å². The van der Waals surface area contributed by atoms with Gasteiger partial charge in [0.25, 0.3) is 0 Å². The molecule has 2 heterocycles. The number of hydrogen-bond donors (Lipinski definition) is 2. The first kappa shape index (κ1) is 13.6. The lowest BCUT2D eigenvalue weighted by Gasteiger charge is -2.07. The first-order valence-corrected chi connectivity index (χ1v) is 6.66. The summed E-state index contributed by atoms with van der Waals surface area (Å²) in [5.41, 5.74) is 9.73. The van der Waals surface area contributed by atoms with E-state index in [2.05, 4.69) is 15.2 Å². The molecule has 4 nitrogen and oxygen atoms in total. The number of anilines is 1. The van der Waals surface area contributed by atoms with E-state index in [0.29, 0.717) is 16.9 Å². The molecule has 0 unspecified atom stereocenters. The molecule has 106 valence electrons. The molecule has 0 bridgehead atoms. The molecule has 0 saturated heterocycles. The Kier molecular flexibility index (Phi) is 3.35. The number of nitrogen functional groups attached to an aromatic ring is 1. The minimum absolute atomic E-state index is 0.287. The van der Waals surface area contributed by atoms with Crippen LogP contribution in [0.3, 0.4) is 0 Å². The van der Waals surface area contributed by atoms with E-state index in [1.807, 2.05) is 19.1 Å². The molecule has 0 spiro atoms. The molecule has 3 aromatic rings. The molecule has 2 aromatic heterocycles. The zero-order valence-electron chi connectivity index (χ0n) is 11.2. The van der Waals surface area contributed by atoms with Gasteiger partial charge in [-0.25, -0.2) is 4.39 Å². The van der Waals surface area contributed by atoms with Gasteiger partial charge in [0.05, 0.1) is 16.3 Å². The van der Waals surface area contributed by atoms with E-state index < -0.39 is 5.82 Å². The molecule has 0 aliphatic heterocycles. The quantitative estimate of drug-likeness (QED) is 0.756. The fourth-order valence-corrected chi connectivity index (χ4v) is 2.49. The van der Waals surface area contributed by atoms with Crippen molar-refractivity contribution >= 4 is 17.4 Å². The highest BCUT2D eigenvalue weighted by molar-refractivity contribution is 6.33. The lowest BCUT2D eigenvalue weighted by Crippen LogP contribution is -1.91. The summed E-state index contributed by atoms with van der Waals surface area (Å²) in [6.07, 6.45) is 1.71. The molecular weight excluding hydrogens is 291 g/mol. The second kappa shape index (κ2) is 5.18. The topological polar surface area (TPSA) is 67.6 Å². The molecule has 3 N–H and O–H groups in total. The Morgan fingerprint density at radius 1 is 1.24 bits per heavy atom. The maximum Gasteiger partial charge on any atom is 0.153 e. The Bertz CT molecular complexity index is 813. The van der Waals surface area contributed by atoms with Crippen molar-refractivity contribution in [1.29, 1.82) is 0 Å². The Hall–Kier alpha value is -2.40. The molecule has 0 aliphatic rings. The Morgan fingerprint density at radius 3 is 2.76 bits per heavy atom.